The third-order valence-electron chi connectivity index (χ3n) is 5.25. The van der Waals surface area contributed by atoms with E-state index in [9.17, 15) is 13.6 Å². The molecule has 1 N–H and O–H groups in total. The number of alkyl halides is 2. The number of amides is 1. The van der Waals surface area contributed by atoms with Gasteiger partial charge in [-0.2, -0.15) is 5.10 Å². The van der Waals surface area contributed by atoms with Gasteiger partial charge in [0.05, 0.1) is 16.8 Å². The number of nitrogens with zero attached hydrogens (tertiary/aromatic N) is 3. The topological polar surface area (TPSA) is 59.8 Å². The number of nitrogens with one attached hydrogen (secondary N) is 1. The van der Waals surface area contributed by atoms with Crippen molar-refractivity contribution in [2.75, 3.05) is 5.32 Å². The molecule has 4 aromatic rings. The van der Waals surface area contributed by atoms with E-state index < -0.39 is 6.43 Å². The third-order valence-corrected chi connectivity index (χ3v) is 5.25. The average Bonchev–Trinajstić information content (AvgIpc) is 3.06. The van der Waals surface area contributed by atoms with Crippen LogP contribution in [0.5, 0.6) is 0 Å². The number of carbonyl (C=O) groups excluding carboxylic acids is 1. The summed E-state index contributed by atoms with van der Waals surface area (Å²) in [6.07, 6.45) is -2.69. The molecule has 0 radical (unpaired) electrons. The van der Waals surface area contributed by atoms with E-state index in [2.05, 4.69) is 15.4 Å². The van der Waals surface area contributed by atoms with Gasteiger partial charge in [-0.1, -0.05) is 48.5 Å². The van der Waals surface area contributed by atoms with Gasteiger partial charge in [-0.3, -0.25) is 4.79 Å². The molecule has 0 aliphatic rings. The minimum Gasteiger partial charge on any atom is -0.324 e. The second-order valence-corrected chi connectivity index (χ2v) is 7.52. The predicted octanol–water partition coefficient (Wildman–Crippen LogP) is 5.60. The van der Waals surface area contributed by atoms with Gasteiger partial charge in [0.25, 0.3) is 6.43 Å². The molecule has 5 nitrogen and oxygen atoms in total. The van der Waals surface area contributed by atoms with E-state index in [1.54, 1.807) is 6.92 Å². The number of hydrogen-bond donors (Lipinski definition) is 1. The minimum absolute atomic E-state index is 0.133. The minimum atomic E-state index is -2.69. The fourth-order valence-corrected chi connectivity index (χ4v) is 3.75. The first-order valence-corrected chi connectivity index (χ1v) is 9.93. The van der Waals surface area contributed by atoms with Gasteiger partial charge in [0, 0.05) is 16.8 Å². The first-order chi connectivity index (χ1) is 14.8. The summed E-state index contributed by atoms with van der Waals surface area (Å²) in [5.41, 5.74) is 4.31. The normalized spacial score (nSPS) is 11.3. The van der Waals surface area contributed by atoms with E-state index >= 15 is 0 Å². The lowest BCUT2D eigenvalue weighted by Crippen LogP contribution is -2.21. The van der Waals surface area contributed by atoms with Crippen LogP contribution in [0.25, 0.3) is 22.3 Å². The number of anilines is 1. The third kappa shape index (κ3) is 4.03. The van der Waals surface area contributed by atoms with Gasteiger partial charge in [-0.15, -0.1) is 0 Å². The van der Waals surface area contributed by atoms with E-state index in [0.29, 0.717) is 11.4 Å². The molecule has 0 unspecified atom stereocenters. The zero-order valence-electron chi connectivity index (χ0n) is 17.5. The quantitative estimate of drug-likeness (QED) is 0.457. The van der Waals surface area contributed by atoms with E-state index in [1.807, 2.05) is 62.4 Å². The molecule has 2 aromatic carbocycles. The van der Waals surface area contributed by atoms with Crippen molar-refractivity contribution in [3.63, 3.8) is 0 Å². The highest BCUT2D eigenvalue weighted by molar-refractivity contribution is 5.93. The number of fused-ring (bicyclic) bond motifs is 1. The van der Waals surface area contributed by atoms with Crippen LogP contribution < -0.4 is 5.32 Å². The molecule has 1 amide bonds. The Hall–Kier alpha value is -3.61. The molecule has 0 bridgehead atoms. The molecule has 2 aromatic heterocycles. The van der Waals surface area contributed by atoms with Crippen molar-refractivity contribution >= 4 is 22.6 Å². The van der Waals surface area contributed by atoms with E-state index in [4.69, 9.17) is 0 Å². The van der Waals surface area contributed by atoms with Crippen molar-refractivity contribution in [2.24, 2.45) is 0 Å². The number of para-hydroxylation sites is 1. The van der Waals surface area contributed by atoms with Crippen molar-refractivity contribution in [1.82, 2.24) is 14.8 Å². The predicted molar refractivity (Wildman–Crippen MR) is 117 cm³/mol. The molecular formula is C24H22F2N4O. The van der Waals surface area contributed by atoms with Gasteiger partial charge in [0.1, 0.15) is 6.54 Å². The summed E-state index contributed by atoms with van der Waals surface area (Å²) in [4.78, 5) is 17.4. The summed E-state index contributed by atoms with van der Waals surface area (Å²) in [5, 5.41) is 7.55. The van der Waals surface area contributed by atoms with Crippen LogP contribution >= 0.6 is 0 Å². The molecule has 0 aliphatic carbocycles. The van der Waals surface area contributed by atoms with Crippen molar-refractivity contribution in [3.8, 4) is 11.3 Å². The summed E-state index contributed by atoms with van der Waals surface area (Å²) < 4.78 is 29.1. The summed E-state index contributed by atoms with van der Waals surface area (Å²) in [7, 11) is 0. The Bertz CT molecular complexity index is 1250. The Balaban J connectivity index is 1.76. The van der Waals surface area contributed by atoms with Crippen molar-refractivity contribution < 1.29 is 13.6 Å². The highest BCUT2D eigenvalue weighted by Gasteiger charge is 2.22. The van der Waals surface area contributed by atoms with Crippen LogP contribution in [0.2, 0.25) is 0 Å². The Morgan fingerprint density at radius 2 is 1.71 bits per heavy atom. The summed E-state index contributed by atoms with van der Waals surface area (Å²) >= 11 is 0. The number of aryl methyl sites for hydroxylation is 3. The number of pyridine rings is 1. The van der Waals surface area contributed by atoms with Gasteiger partial charge >= 0.3 is 0 Å². The van der Waals surface area contributed by atoms with E-state index in [0.717, 1.165) is 22.4 Å². The molecule has 0 fully saturated rings. The zero-order chi connectivity index (χ0) is 22.1. The number of halogens is 2. The molecule has 31 heavy (non-hydrogen) atoms. The first kappa shape index (κ1) is 20.7. The molecular weight excluding hydrogens is 398 g/mol. The summed E-state index contributed by atoms with van der Waals surface area (Å²) in [6.45, 7) is 5.35. The van der Waals surface area contributed by atoms with Gasteiger partial charge in [-0.25, -0.2) is 18.4 Å². The summed E-state index contributed by atoms with van der Waals surface area (Å²) in [6, 6.07) is 16.3. The fourth-order valence-electron chi connectivity index (χ4n) is 3.75. The molecule has 2 heterocycles. The van der Waals surface area contributed by atoms with Gasteiger partial charge in [0.15, 0.2) is 5.65 Å². The van der Waals surface area contributed by atoms with Crippen LogP contribution in [0.15, 0.2) is 54.6 Å². The molecule has 0 saturated heterocycles. The molecule has 0 atom stereocenters. The second kappa shape index (κ2) is 8.26. The lowest BCUT2D eigenvalue weighted by molar-refractivity contribution is -0.116. The summed E-state index contributed by atoms with van der Waals surface area (Å²) in [5.74, 6) is -0.299. The van der Waals surface area contributed by atoms with Gasteiger partial charge < -0.3 is 5.32 Å². The Labute approximate surface area is 178 Å². The van der Waals surface area contributed by atoms with Crippen LogP contribution in [-0.2, 0) is 11.3 Å². The maximum Gasteiger partial charge on any atom is 0.264 e. The number of aromatic nitrogens is 3. The zero-order valence-corrected chi connectivity index (χ0v) is 17.5. The fraction of sp³-hybridized carbons (Fsp3) is 0.208. The van der Waals surface area contributed by atoms with Gasteiger partial charge in [0.2, 0.25) is 5.91 Å². The van der Waals surface area contributed by atoms with E-state index in [1.165, 1.54) is 10.7 Å². The largest absolute Gasteiger partial charge is 0.324 e. The Morgan fingerprint density at radius 1 is 1.03 bits per heavy atom. The first-order valence-electron chi connectivity index (χ1n) is 9.93. The van der Waals surface area contributed by atoms with Crippen molar-refractivity contribution in [1.29, 1.82) is 0 Å². The number of carbonyl (C=O) groups is 1. The number of hydrogen-bond acceptors (Lipinski definition) is 3. The number of rotatable bonds is 5. The maximum atomic E-state index is 13.9. The smallest absolute Gasteiger partial charge is 0.264 e. The van der Waals surface area contributed by atoms with Gasteiger partial charge in [-0.05, 0) is 38.0 Å². The standard InChI is InChI=1S/C24H22F2N4O/c1-14-8-7-9-15(2)22(14)28-20(31)13-30-24-21(16(3)29-30)18(23(25)26)12-19(27-24)17-10-5-4-6-11-17/h4-12,23H,13H2,1-3H3,(H,28,31). The molecule has 7 heteroatoms. The Kier molecular flexibility index (Phi) is 5.50. The molecule has 4 rings (SSSR count). The lowest BCUT2D eigenvalue weighted by atomic mass is 10.1. The molecule has 158 valence electrons. The average molecular weight is 420 g/mol. The maximum absolute atomic E-state index is 13.9. The lowest BCUT2D eigenvalue weighted by Gasteiger charge is -2.12. The second-order valence-electron chi connectivity index (χ2n) is 7.52. The molecule has 0 aliphatic heterocycles. The van der Waals surface area contributed by atoms with Crippen molar-refractivity contribution in [2.45, 2.75) is 33.7 Å². The molecule has 0 saturated carbocycles. The Morgan fingerprint density at radius 3 is 2.35 bits per heavy atom. The van der Waals surface area contributed by atoms with Crippen LogP contribution in [0.1, 0.15) is 28.8 Å². The highest BCUT2D eigenvalue weighted by Crippen LogP contribution is 2.33. The number of benzene rings is 2. The van der Waals surface area contributed by atoms with E-state index in [-0.39, 0.29) is 29.0 Å². The molecule has 0 spiro atoms. The highest BCUT2D eigenvalue weighted by atomic mass is 19.3. The SMILES string of the molecule is Cc1cccc(C)c1NC(=O)Cn1nc(C)c2c(C(F)F)cc(-c3ccccc3)nc21. The van der Waals surface area contributed by atoms with Crippen LogP contribution in [0.4, 0.5) is 14.5 Å². The van der Waals surface area contributed by atoms with Crippen LogP contribution in [0.3, 0.4) is 0 Å². The van der Waals surface area contributed by atoms with Crippen molar-refractivity contribution in [3.05, 3.63) is 77.0 Å². The van der Waals surface area contributed by atoms with Crippen LogP contribution in [-0.4, -0.2) is 20.7 Å². The van der Waals surface area contributed by atoms with Crippen LogP contribution in [0, 0.1) is 20.8 Å². The monoisotopic (exact) mass is 420 g/mol.